The average Bonchev–Trinajstić information content (AvgIpc) is 3.08. The van der Waals surface area contributed by atoms with Crippen LogP contribution < -0.4 is 0 Å². The first-order chi connectivity index (χ1) is 12.0. The number of amides is 1. The Hall–Kier alpha value is -2.42. The molecular formula is C16H18N4O4S. The fourth-order valence-electron chi connectivity index (χ4n) is 2.74. The number of hydrogen-bond acceptors (Lipinski definition) is 7. The van der Waals surface area contributed by atoms with Crippen LogP contribution in [0.3, 0.4) is 0 Å². The Bertz CT molecular complexity index is 762. The molecule has 0 radical (unpaired) electrons. The lowest BCUT2D eigenvalue weighted by molar-refractivity contribution is -0.384. The molecule has 0 N–H and O–H groups in total. The van der Waals surface area contributed by atoms with Crippen molar-refractivity contribution < 1.29 is 14.1 Å². The predicted molar refractivity (Wildman–Crippen MR) is 92.1 cm³/mol. The molecule has 0 aliphatic carbocycles. The Morgan fingerprint density at radius 3 is 2.84 bits per heavy atom. The second-order valence-electron chi connectivity index (χ2n) is 6.05. The molecule has 1 atom stereocenters. The minimum absolute atomic E-state index is 0.000722. The Morgan fingerprint density at radius 1 is 1.40 bits per heavy atom. The first kappa shape index (κ1) is 17.4. The molecule has 25 heavy (non-hydrogen) atoms. The summed E-state index contributed by atoms with van der Waals surface area (Å²) < 4.78 is 5.53. The SMILES string of the molecule is CC1CCCN(C(=O)CSc2nnc(-c3ccc([N+](=O)[O-])cc3)o2)C1. The monoisotopic (exact) mass is 362 g/mol. The molecule has 1 aromatic heterocycles. The van der Waals surface area contributed by atoms with Gasteiger partial charge in [-0.05, 0) is 30.9 Å². The van der Waals surface area contributed by atoms with Crippen LogP contribution in [0.5, 0.6) is 0 Å². The lowest BCUT2D eigenvalue weighted by Gasteiger charge is -2.30. The molecule has 1 unspecified atom stereocenters. The van der Waals surface area contributed by atoms with Crippen molar-refractivity contribution >= 4 is 23.4 Å². The van der Waals surface area contributed by atoms with E-state index >= 15 is 0 Å². The molecule has 1 amide bonds. The average molecular weight is 362 g/mol. The summed E-state index contributed by atoms with van der Waals surface area (Å²) in [5.74, 6) is 1.15. The second kappa shape index (κ2) is 7.64. The Morgan fingerprint density at radius 2 is 2.16 bits per heavy atom. The van der Waals surface area contributed by atoms with Gasteiger partial charge in [0.1, 0.15) is 0 Å². The molecule has 0 spiro atoms. The number of hydrogen-bond donors (Lipinski definition) is 0. The van der Waals surface area contributed by atoms with E-state index in [0.29, 0.717) is 16.7 Å². The summed E-state index contributed by atoms with van der Waals surface area (Å²) in [6.07, 6.45) is 2.21. The zero-order chi connectivity index (χ0) is 17.8. The molecule has 3 rings (SSSR count). The molecular weight excluding hydrogens is 344 g/mol. The number of carbonyl (C=O) groups excluding carboxylic acids is 1. The van der Waals surface area contributed by atoms with E-state index in [9.17, 15) is 14.9 Å². The van der Waals surface area contributed by atoms with Gasteiger partial charge in [-0.25, -0.2) is 0 Å². The van der Waals surface area contributed by atoms with E-state index in [-0.39, 0.29) is 23.2 Å². The van der Waals surface area contributed by atoms with Crippen molar-refractivity contribution in [3.8, 4) is 11.5 Å². The molecule has 1 aliphatic heterocycles. The van der Waals surface area contributed by atoms with Gasteiger partial charge in [0.2, 0.25) is 11.8 Å². The summed E-state index contributed by atoms with van der Waals surface area (Å²) in [7, 11) is 0. The molecule has 1 aliphatic rings. The molecule has 0 bridgehead atoms. The molecule has 132 valence electrons. The Kier molecular flexibility index (Phi) is 5.32. The number of thioether (sulfide) groups is 1. The van der Waals surface area contributed by atoms with Gasteiger partial charge < -0.3 is 9.32 Å². The van der Waals surface area contributed by atoms with Gasteiger partial charge in [0, 0.05) is 30.8 Å². The zero-order valence-corrected chi connectivity index (χ0v) is 14.6. The van der Waals surface area contributed by atoms with Crippen LogP contribution >= 0.6 is 11.8 Å². The molecule has 1 aromatic carbocycles. The second-order valence-corrected chi connectivity index (χ2v) is 6.98. The molecule has 9 heteroatoms. The van der Waals surface area contributed by atoms with Crippen LogP contribution in [-0.4, -0.2) is 44.8 Å². The fraction of sp³-hybridized carbons (Fsp3) is 0.438. The van der Waals surface area contributed by atoms with Crippen molar-refractivity contribution in [3.05, 3.63) is 34.4 Å². The molecule has 8 nitrogen and oxygen atoms in total. The number of nitro groups is 1. The van der Waals surface area contributed by atoms with E-state index in [1.54, 1.807) is 12.1 Å². The largest absolute Gasteiger partial charge is 0.411 e. The van der Waals surface area contributed by atoms with E-state index in [1.165, 1.54) is 30.3 Å². The van der Waals surface area contributed by atoms with E-state index in [2.05, 4.69) is 17.1 Å². The first-order valence-electron chi connectivity index (χ1n) is 8.02. The number of non-ortho nitro benzene ring substituents is 1. The summed E-state index contributed by atoms with van der Waals surface area (Å²) in [6, 6.07) is 5.88. The van der Waals surface area contributed by atoms with Gasteiger partial charge in [0.25, 0.3) is 10.9 Å². The highest BCUT2D eigenvalue weighted by molar-refractivity contribution is 7.99. The summed E-state index contributed by atoms with van der Waals surface area (Å²) >= 11 is 1.21. The summed E-state index contributed by atoms with van der Waals surface area (Å²) in [6.45, 7) is 3.76. The Balaban J connectivity index is 1.58. The van der Waals surface area contributed by atoms with Gasteiger partial charge in [0.05, 0.1) is 10.7 Å². The van der Waals surface area contributed by atoms with Gasteiger partial charge >= 0.3 is 0 Å². The van der Waals surface area contributed by atoms with Crippen molar-refractivity contribution in [1.29, 1.82) is 0 Å². The molecule has 1 saturated heterocycles. The summed E-state index contributed by atoms with van der Waals surface area (Å²) in [5.41, 5.74) is 0.598. The van der Waals surface area contributed by atoms with Gasteiger partial charge in [-0.3, -0.25) is 14.9 Å². The predicted octanol–water partition coefficient (Wildman–Crippen LogP) is 3.00. The van der Waals surface area contributed by atoms with Crippen LogP contribution in [0.2, 0.25) is 0 Å². The van der Waals surface area contributed by atoms with Crippen molar-refractivity contribution in [2.24, 2.45) is 5.92 Å². The number of piperidine rings is 1. The Labute approximate surface area is 148 Å². The number of carbonyl (C=O) groups is 1. The quantitative estimate of drug-likeness (QED) is 0.457. The fourth-order valence-corrected chi connectivity index (χ4v) is 3.41. The highest BCUT2D eigenvalue weighted by Crippen LogP contribution is 2.25. The van der Waals surface area contributed by atoms with E-state index in [1.807, 2.05) is 4.90 Å². The van der Waals surface area contributed by atoms with E-state index in [4.69, 9.17) is 4.42 Å². The lowest BCUT2D eigenvalue weighted by Crippen LogP contribution is -2.40. The third-order valence-electron chi connectivity index (χ3n) is 4.06. The van der Waals surface area contributed by atoms with Crippen molar-refractivity contribution in [3.63, 3.8) is 0 Å². The van der Waals surface area contributed by atoms with Crippen molar-refractivity contribution in [2.75, 3.05) is 18.8 Å². The number of aromatic nitrogens is 2. The van der Waals surface area contributed by atoms with E-state index in [0.717, 1.165) is 19.5 Å². The van der Waals surface area contributed by atoms with Crippen LogP contribution in [0, 0.1) is 16.0 Å². The third kappa shape index (κ3) is 4.36. The van der Waals surface area contributed by atoms with Crippen LogP contribution in [0.1, 0.15) is 19.8 Å². The summed E-state index contributed by atoms with van der Waals surface area (Å²) in [4.78, 5) is 24.3. The lowest BCUT2D eigenvalue weighted by atomic mass is 10.0. The van der Waals surface area contributed by atoms with Crippen LogP contribution in [0.25, 0.3) is 11.5 Å². The van der Waals surface area contributed by atoms with E-state index < -0.39 is 4.92 Å². The minimum Gasteiger partial charge on any atom is -0.411 e. The van der Waals surface area contributed by atoms with Crippen molar-refractivity contribution in [2.45, 2.75) is 25.0 Å². The molecule has 0 saturated carbocycles. The standard InChI is InChI=1S/C16H18N4O4S/c1-11-3-2-8-19(9-11)14(21)10-25-16-18-17-15(24-16)12-4-6-13(7-5-12)20(22)23/h4-7,11H,2-3,8-10H2,1H3. The minimum atomic E-state index is -0.466. The van der Waals surface area contributed by atoms with Gasteiger partial charge in [0.15, 0.2) is 0 Å². The smallest absolute Gasteiger partial charge is 0.277 e. The van der Waals surface area contributed by atoms with Gasteiger partial charge in [-0.15, -0.1) is 10.2 Å². The zero-order valence-electron chi connectivity index (χ0n) is 13.8. The maximum atomic E-state index is 12.2. The first-order valence-corrected chi connectivity index (χ1v) is 9.00. The number of nitro benzene ring substituents is 1. The van der Waals surface area contributed by atoms with Gasteiger partial charge in [-0.2, -0.15) is 0 Å². The topological polar surface area (TPSA) is 102 Å². The summed E-state index contributed by atoms with van der Waals surface area (Å²) in [5, 5.41) is 18.8. The van der Waals surface area contributed by atoms with Crippen LogP contribution in [-0.2, 0) is 4.79 Å². The van der Waals surface area contributed by atoms with Gasteiger partial charge in [-0.1, -0.05) is 18.7 Å². The number of benzene rings is 1. The number of rotatable bonds is 5. The molecule has 2 aromatic rings. The maximum Gasteiger partial charge on any atom is 0.277 e. The highest BCUT2D eigenvalue weighted by Gasteiger charge is 2.21. The van der Waals surface area contributed by atoms with Crippen LogP contribution in [0.15, 0.2) is 33.9 Å². The normalized spacial score (nSPS) is 17.5. The maximum absolute atomic E-state index is 12.2. The highest BCUT2D eigenvalue weighted by atomic mass is 32.2. The number of nitrogens with zero attached hydrogens (tertiary/aromatic N) is 4. The van der Waals surface area contributed by atoms with Crippen LogP contribution in [0.4, 0.5) is 5.69 Å². The molecule has 1 fully saturated rings. The number of likely N-dealkylation sites (tertiary alicyclic amines) is 1. The third-order valence-corrected chi connectivity index (χ3v) is 4.86. The van der Waals surface area contributed by atoms with Crippen molar-refractivity contribution in [1.82, 2.24) is 15.1 Å². The molecule has 2 heterocycles.